The average molecular weight is 273 g/mol. The van der Waals surface area contributed by atoms with Crippen molar-refractivity contribution in [1.82, 2.24) is 4.90 Å². The summed E-state index contributed by atoms with van der Waals surface area (Å²) in [4.78, 5) is 2.52. The Kier molecular flexibility index (Phi) is 4.03. The number of benzene rings is 1. The summed E-state index contributed by atoms with van der Waals surface area (Å²) in [6.45, 7) is 2.68. The first-order valence-electron chi connectivity index (χ1n) is 7.53. The minimum absolute atomic E-state index is 0.161. The van der Waals surface area contributed by atoms with E-state index in [9.17, 15) is 0 Å². The third-order valence-corrected chi connectivity index (χ3v) is 4.53. The van der Waals surface area contributed by atoms with Gasteiger partial charge >= 0.3 is 0 Å². The molecule has 108 valence electrons. The molecule has 1 saturated carbocycles. The molecule has 0 spiro atoms. The van der Waals surface area contributed by atoms with Crippen molar-refractivity contribution in [3.8, 4) is 0 Å². The van der Waals surface area contributed by atoms with Crippen molar-refractivity contribution in [3.63, 3.8) is 0 Å². The van der Waals surface area contributed by atoms with Crippen LogP contribution in [0.4, 0.5) is 0 Å². The van der Waals surface area contributed by atoms with Crippen LogP contribution in [-0.4, -0.2) is 36.0 Å². The molecule has 4 heteroatoms. The van der Waals surface area contributed by atoms with Crippen molar-refractivity contribution in [2.75, 3.05) is 13.2 Å². The molecule has 2 fully saturated rings. The number of fused-ring (bicyclic) bond motifs is 1. The Bertz CT molecular complexity index is 486. The van der Waals surface area contributed by atoms with E-state index in [-0.39, 0.29) is 5.84 Å². The normalized spacial score (nSPS) is 27.0. The van der Waals surface area contributed by atoms with Crippen LogP contribution in [0.1, 0.15) is 36.8 Å². The summed E-state index contributed by atoms with van der Waals surface area (Å²) < 4.78 is 5.92. The molecule has 2 atom stereocenters. The molecule has 2 unspecified atom stereocenters. The monoisotopic (exact) mass is 273 g/mol. The molecular formula is C16H23N3O. The van der Waals surface area contributed by atoms with Gasteiger partial charge < -0.3 is 10.5 Å². The second kappa shape index (κ2) is 5.94. The van der Waals surface area contributed by atoms with Crippen LogP contribution < -0.4 is 5.73 Å². The number of amidine groups is 1. The van der Waals surface area contributed by atoms with Gasteiger partial charge in [0, 0.05) is 24.7 Å². The lowest BCUT2D eigenvalue weighted by Crippen LogP contribution is -2.52. The van der Waals surface area contributed by atoms with E-state index in [0.29, 0.717) is 12.1 Å². The summed E-state index contributed by atoms with van der Waals surface area (Å²) in [5.41, 5.74) is 7.72. The molecule has 1 heterocycles. The van der Waals surface area contributed by atoms with Crippen molar-refractivity contribution in [3.05, 3.63) is 35.4 Å². The zero-order chi connectivity index (χ0) is 13.9. The highest BCUT2D eigenvalue weighted by Gasteiger charge is 2.34. The van der Waals surface area contributed by atoms with Crippen LogP contribution >= 0.6 is 0 Å². The van der Waals surface area contributed by atoms with Gasteiger partial charge in [-0.1, -0.05) is 37.1 Å². The van der Waals surface area contributed by atoms with Crippen LogP contribution in [0.15, 0.2) is 24.3 Å². The summed E-state index contributed by atoms with van der Waals surface area (Å²) in [7, 11) is 0. The zero-order valence-corrected chi connectivity index (χ0v) is 11.8. The molecule has 0 radical (unpaired) electrons. The Balaban J connectivity index is 1.78. The van der Waals surface area contributed by atoms with E-state index in [1.54, 1.807) is 0 Å². The SMILES string of the molecule is N=C(N)c1ccccc1CN1CCOC2CCCCC21. The van der Waals surface area contributed by atoms with Gasteiger partial charge in [0.2, 0.25) is 0 Å². The van der Waals surface area contributed by atoms with Gasteiger partial charge in [-0.25, -0.2) is 0 Å². The Morgan fingerprint density at radius 3 is 2.95 bits per heavy atom. The number of hydrogen-bond donors (Lipinski definition) is 2. The van der Waals surface area contributed by atoms with Gasteiger partial charge in [-0.15, -0.1) is 0 Å². The number of morpholine rings is 1. The van der Waals surface area contributed by atoms with E-state index in [1.807, 2.05) is 18.2 Å². The highest BCUT2D eigenvalue weighted by molar-refractivity contribution is 5.96. The Hall–Kier alpha value is -1.39. The molecule has 20 heavy (non-hydrogen) atoms. The van der Waals surface area contributed by atoms with E-state index < -0.39 is 0 Å². The van der Waals surface area contributed by atoms with Crippen LogP contribution in [0.25, 0.3) is 0 Å². The van der Waals surface area contributed by atoms with Gasteiger partial charge in [0.25, 0.3) is 0 Å². The van der Waals surface area contributed by atoms with E-state index in [4.69, 9.17) is 15.9 Å². The fraction of sp³-hybridized carbons (Fsp3) is 0.562. The summed E-state index contributed by atoms with van der Waals surface area (Å²) >= 11 is 0. The van der Waals surface area contributed by atoms with Crippen molar-refractivity contribution in [1.29, 1.82) is 5.41 Å². The third-order valence-electron chi connectivity index (χ3n) is 4.53. The van der Waals surface area contributed by atoms with E-state index in [0.717, 1.165) is 30.8 Å². The fourth-order valence-corrected chi connectivity index (χ4v) is 3.51. The molecule has 1 aromatic rings. The number of hydrogen-bond acceptors (Lipinski definition) is 3. The van der Waals surface area contributed by atoms with E-state index in [2.05, 4.69) is 11.0 Å². The Labute approximate surface area is 120 Å². The van der Waals surface area contributed by atoms with Crippen molar-refractivity contribution in [2.24, 2.45) is 5.73 Å². The van der Waals surface area contributed by atoms with Gasteiger partial charge in [0.1, 0.15) is 5.84 Å². The highest BCUT2D eigenvalue weighted by atomic mass is 16.5. The molecule has 0 bridgehead atoms. The topological polar surface area (TPSA) is 62.3 Å². The van der Waals surface area contributed by atoms with Crippen LogP contribution in [0.5, 0.6) is 0 Å². The maximum Gasteiger partial charge on any atom is 0.123 e. The highest BCUT2D eigenvalue weighted by Crippen LogP contribution is 2.29. The quantitative estimate of drug-likeness (QED) is 0.655. The van der Waals surface area contributed by atoms with Gasteiger partial charge in [0.05, 0.1) is 12.7 Å². The number of nitrogens with zero attached hydrogens (tertiary/aromatic N) is 1. The largest absolute Gasteiger partial charge is 0.384 e. The van der Waals surface area contributed by atoms with Crippen molar-refractivity contribution < 1.29 is 4.74 Å². The first-order chi connectivity index (χ1) is 9.75. The fourth-order valence-electron chi connectivity index (χ4n) is 3.51. The predicted molar refractivity (Wildman–Crippen MR) is 79.9 cm³/mol. The van der Waals surface area contributed by atoms with E-state index >= 15 is 0 Å². The molecule has 0 aromatic heterocycles. The number of ether oxygens (including phenoxy) is 1. The number of rotatable bonds is 3. The Morgan fingerprint density at radius 2 is 2.10 bits per heavy atom. The molecule has 1 aromatic carbocycles. The van der Waals surface area contributed by atoms with Crippen molar-refractivity contribution >= 4 is 5.84 Å². The molecule has 1 saturated heterocycles. The number of nitrogens with two attached hydrogens (primary N) is 1. The van der Waals surface area contributed by atoms with Gasteiger partial charge in [-0.3, -0.25) is 10.3 Å². The third kappa shape index (κ3) is 2.72. The number of nitrogen functional groups attached to an aromatic ring is 1. The van der Waals surface area contributed by atoms with Crippen molar-refractivity contribution in [2.45, 2.75) is 44.4 Å². The lowest BCUT2D eigenvalue weighted by atomic mass is 9.89. The minimum Gasteiger partial charge on any atom is -0.384 e. The van der Waals surface area contributed by atoms with Gasteiger partial charge in [-0.05, 0) is 18.4 Å². The number of nitrogens with one attached hydrogen (secondary N) is 1. The molecule has 1 aliphatic heterocycles. The van der Waals surface area contributed by atoms with Gasteiger partial charge in [-0.2, -0.15) is 0 Å². The Morgan fingerprint density at radius 1 is 1.30 bits per heavy atom. The molecule has 3 N–H and O–H groups in total. The maximum absolute atomic E-state index is 7.71. The molecule has 3 rings (SSSR count). The second-order valence-electron chi connectivity index (χ2n) is 5.80. The smallest absolute Gasteiger partial charge is 0.123 e. The van der Waals surface area contributed by atoms with Crippen LogP contribution in [-0.2, 0) is 11.3 Å². The zero-order valence-electron chi connectivity index (χ0n) is 11.8. The summed E-state index contributed by atoms with van der Waals surface area (Å²) in [5.74, 6) is 0.161. The first-order valence-corrected chi connectivity index (χ1v) is 7.53. The van der Waals surface area contributed by atoms with Crippen LogP contribution in [0.3, 0.4) is 0 Å². The maximum atomic E-state index is 7.71. The van der Waals surface area contributed by atoms with Crippen LogP contribution in [0.2, 0.25) is 0 Å². The molecule has 0 amide bonds. The lowest BCUT2D eigenvalue weighted by molar-refractivity contribution is -0.0911. The van der Waals surface area contributed by atoms with Gasteiger partial charge in [0.15, 0.2) is 0 Å². The first kappa shape index (κ1) is 13.6. The molecule has 2 aliphatic rings. The van der Waals surface area contributed by atoms with Crippen LogP contribution in [0, 0.1) is 5.41 Å². The lowest BCUT2D eigenvalue weighted by Gasteiger charge is -2.44. The average Bonchev–Trinajstić information content (AvgIpc) is 2.48. The standard InChI is InChI=1S/C16H23N3O/c17-16(18)13-6-2-1-5-12(13)11-19-9-10-20-15-8-4-3-7-14(15)19/h1-2,5-6,14-15H,3-4,7-11H2,(H3,17,18). The van der Waals surface area contributed by atoms with E-state index in [1.165, 1.54) is 25.7 Å². The molecule has 4 nitrogen and oxygen atoms in total. The predicted octanol–water partition coefficient (Wildman–Crippen LogP) is 2.11. The summed E-state index contributed by atoms with van der Waals surface area (Å²) in [5, 5.41) is 7.71. The second-order valence-corrected chi connectivity index (χ2v) is 5.80. The minimum atomic E-state index is 0.161. The summed E-state index contributed by atoms with van der Waals surface area (Å²) in [6, 6.07) is 8.54. The molecule has 1 aliphatic carbocycles. The summed E-state index contributed by atoms with van der Waals surface area (Å²) in [6.07, 6.45) is 5.42. The molecular weight excluding hydrogens is 250 g/mol.